The second-order valence-electron chi connectivity index (χ2n) is 2.24. The third-order valence-corrected chi connectivity index (χ3v) is 1.39. The molecule has 0 unspecified atom stereocenters. The van der Waals surface area contributed by atoms with Gasteiger partial charge in [-0.1, -0.05) is 30.3 Å². The molecule has 0 aliphatic rings. The molecule has 0 saturated heterocycles. The SMILES string of the molecule is [B]OC(=O)NCc1ccccc1. The molecule has 12 heavy (non-hydrogen) atoms. The summed E-state index contributed by atoms with van der Waals surface area (Å²) in [5, 5.41) is 2.46. The van der Waals surface area contributed by atoms with Crippen LogP contribution in [0.2, 0.25) is 0 Å². The van der Waals surface area contributed by atoms with Crippen LogP contribution in [-0.2, 0) is 11.2 Å². The fraction of sp³-hybridized carbons (Fsp3) is 0.125. The molecule has 0 fully saturated rings. The van der Waals surface area contributed by atoms with E-state index < -0.39 is 6.09 Å². The smallest absolute Gasteiger partial charge is 0.388 e. The Labute approximate surface area is 72.2 Å². The maximum atomic E-state index is 10.5. The fourth-order valence-electron chi connectivity index (χ4n) is 0.812. The Bertz CT molecular complexity index is 250. The molecule has 1 aromatic carbocycles. The van der Waals surface area contributed by atoms with Gasteiger partial charge in [-0.2, -0.15) is 0 Å². The van der Waals surface area contributed by atoms with Crippen LogP contribution in [0.4, 0.5) is 4.79 Å². The maximum absolute atomic E-state index is 10.5. The number of benzene rings is 1. The second-order valence-corrected chi connectivity index (χ2v) is 2.24. The molecule has 0 aliphatic heterocycles. The quantitative estimate of drug-likeness (QED) is 0.657. The van der Waals surface area contributed by atoms with Crippen molar-refractivity contribution in [3.8, 4) is 0 Å². The predicted molar refractivity (Wildman–Crippen MR) is 45.5 cm³/mol. The minimum atomic E-state index is -0.626. The van der Waals surface area contributed by atoms with E-state index >= 15 is 0 Å². The average Bonchev–Trinajstić information content (AvgIpc) is 2.16. The average molecular weight is 161 g/mol. The van der Waals surface area contributed by atoms with E-state index in [4.69, 9.17) is 0 Å². The van der Waals surface area contributed by atoms with Gasteiger partial charge in [0.15, 0.2) is 0 Å². The summed E-state index contributed by atoms with van der Waals surface area (Å²) >= 11 is 0. The molecule has 60 valence electrons. The fourth-order valence-corrected chi connectivity index (χ4v) is 0.812. The van der Waals surface area contributed by atoms with E-state index in [0.29, 0.717) is 6.54 Å². The normalized spacial score (nSPS) is 9.00. The highest BCUT2D eigenvalue weighted by atomic mass is 16.5. The Balaban J connectivity index is 2.38. The Hall–Kier alpha value is -1.45. The summed E-state index contributed by atoms with van der Waals surface area (Å²) in [7, 11) is 4.62. The summed E-state index contributed by atoms with van der Waals surface area (Å²) in [6.07, 6.45) is -0.626. The van der Waals surface area contributed by atoms with Gasteiger partial charge in [-0.25, -0.2) is 4.79 Å². The summed E-state index contributed by atoms with van der Waals surface area (Å²) in [6, 6.07) is 9.49. The number of nitrogens with one attached hydrogen (secondary N) is 1. The summed E-state index contributed by atoms with van der Waals surface area (Å²) in [5.74, 6) is 0. The van der Waals surface area contributed by atoms with Crippen LogP contribution in [-0.4, -0.2) is 14.1 Å². The first-order valence-corrected chi connectivity index (χ1v) is 3.51. The highest BCUT2D eigenvalue weighted by Gasteiger charge is 1.96. The van der Waals surface area contributed by atoms with Gasteiger partial charge in [0.1, 0.15) is 0 Å². The molecule has 2 radical (unpaired) electrons. The Morgan fingerprint density at radius 3 is 2.67 bits per heavy atom. The standard InChI is InChI=1S/C8H8BNO2/c9-12-8(11)10-6-7-4-2-1-3-5-7/h1-5H,6H2,(H,10,11). The van der Waals surface area contributed by atoms with E-state index in [-0.39, 0.29) is 0 Å². The van der Waals surface area contributed by atoms with Crippen LogP contribution >= 0.6 is 0 Å². The van der Waals surface area contributed by atoms with E-state index in [0.717, 1.165) is 5.56 Å². The van der Waals surface area contributed by atoms with Gasteiger partial charge in [-0.15, -0.1) is 0 Å². The van der Waals surface area contributed by atoms with Gasteiger partial charge in [0, 0.05) is 6.54 Å². The van der Waals surface area contributed by atoms with Crippen molar-refractivity contribution in [3.63, 3.8) is 0 Å². The number of hydrogen-bond donors (Lipinski definition) is 1. The van der Waals surface area contributed by atoms with Crippen molar-refractivity contribution >= 4 is 14.1 Å². The zero-order valence-electron chi connectivity index (χ0n) is 6.49. The number of rotatable bonds is 2. The van der Waals surface area contributed by atoms with Crippen LogP contribution in [0, 0.1) is 0 Å². The van der Waals surface area contributed by atoms with Crippen molar-refractivity contribution < 1.29 is 9.45 Å². The van der Waals surface area contributed by atoms with Crippen molar-refractivity contribution in [2.45, 2.75) is 6.54 Å². The molecule has 0 heterocycles. The van der Waals surface area contributed by atoms with E-state index in [9.17, 15) is 4.79 Å². The Morgan fingerprint density at radius 1 is 1.42 bits per heavy atom. The molecule has 0 aromatic heterocycles. The van der Waals surface area contributed by atoms with E-state index in [2.05, 4.69) is 18.0 Å². The zero-order chi connectivity index (χ0) is 8.81. The first-order chi connectivity index (χ1) is 5.83. The molecule has 4 heteroatoms. The van der Waals surface area contributed by atoms with Gasteiger partial charge in [0.25, 0.3) is 0 Å². The molecule has 1 N–H and O–H groups in total. The molecular formula is C8H8BNO2. The molecule has 0 atom stereocenters. The lowest BCUT2D eigenvalue weighted by molar-refractivity contribution is 0.204. The summed E-state index contributed by atoms with van der Waals surface area (Å²) in [5.41, 5.74) is 1.00. The molecule has 1 aromatic rings. The third kappa shape index (κ3) is 2.66. The van der Waals surface area contributed by atoms with Crippen molar-refractivity contribution in [3.05, 3.63) is 35.9 Å². The van der Waals surface area contributed by atoms with Gasteiger partial charge in [0.05, 0.1) is 0 Å². The van der Waals surface area contributed by atoms with Crippen LogP contribution < -0.4 is 5.32 Å². The van der Waals surface area contributed by atoms with Crippen molar-refractivity contribution in [1.29, 1.82) is 0 Å². The largest absolute Gasteiger partial charge is 0.528 e. The zero-order valence-corrected chi connectivity index (χ0v) is 6.49. The lowest BCUT2D eigenvalue weighted by atomic mass is 10.2. The van der Waals surface area contributed by atoms with Gasteiger partial charge in [0.2, 0.25) is 0 Å². The summed E-state index contributed by atoms with van der Waals surface area (Å²) in [6.45, 7) is 0.427. The van der Waals surface area contributed by atoms with Gasteiger partial charge in [-0.3, -0.25) is 0 Å². The minimum absolute atomic E-state index is 0.427. The van der Waals surface area contributed by atoms with Crippen LogP contribution in [0.1, 0.15) is 5.56 Å². The molecule has 1 amide bonds. The van der Waals surface area contributed by atoms with Crippen molar-refractivity contribution in [1.82, 2.24) is 5.32 Å². The van der Waals surface area contributed by atoms with Gasteiger partial charge < -0.3 is 9.97 Å². The predicted octanol–water partition coefficient (Wildman–Crippen LogP) is 0.996. The summed E-state index contributed by atoms with van der Waals surface area (Å²) in [4.78, 5) is 10.5. The van der Waals surface area contributed by atoms with Crippen LogP contribution in [0.15, 0.2) is 30.3 Å². The topological polar surface area (TPSA) is 38.3 Å². The van der Waals surface area contributed by atoms with Gasteiger partial charge >= 0.3 is 14.1 Å². The van der Waals surface area contributed by atoms with Crippen LogP contribution in [0.5, 0.6) is 0 Å². The Kier molecular flexibility index (Phi) is 3.20. The first kappa shape index (κ1) is 8.65. The van der Waals surface area contributed by atoms with Gasteiger partial charge in [-0.05, 0) is 5.56 Å². The minimum Gasteiger partial charge on any atom is -0.528 e. The Morgan fingerprint density at radius 2 is 2.08 bits per heavy atom. The highest BCUT2D eigenvalue weighted by molar-refractivity contribution is 6.04. The molecule has 0 bridgehead atoms. The molecule has 3 nitrogen and oxygen atoms in total. The number of carbonyl (C=O) groups excluding carboxylic acids is 1. The number of amides is 1. The first-order valence-electron chi connectivity index (χ1n) is 3.51. The van der Waals surface area contributed by atoms with E-state index in [1.54, 1.807) is 0 Å². The molecule has 0 spiro atoms. The van der Waals surface area contributed by atoms with Crippen molar-refractivity contribution in [2.75, 3.05) is 0 Å². The molecule has 0 saturated carbocycles. The molecule has 0 aliphatic carbocycles. The highest BCUT2D eigenvalue weighted by Crippen LogP contribution is 1.96. The molecular weight excluding hydrogens is 153 g/mol. The summed E-state index contributed by atoms with van der Waals surface area (Å²) < 4.78 is 3.92. The lowest BCUT2D eigenvalue weighted by Crippen LogP contribution is -2.22. The van der Waals surface area contributed by atoms with Crippen LogP contribution in [0.3, 0.4) is 0 Å². The third-order valence-electron chi connectivity index (χ3n) is 1.39. The number of hydrogen-bond acceptors (Lipinski definition) is 2. The lowest BCUT2D eigenvalue weighted by Gasteiger charge is -2.02. The van der Waals surface area contributed by atoms with Crippen molar-refractivity contribution in [2.24, 2.45) is 0 Å². The van der Waals surface area contributed by atoms with E-state index in [1.807, 2.05) is 30.3 Å². The number of carbonyl (C=O) groups is 1. The monoisotopic (exact) mass is 161 g/mol. The van der Waals surface area contributed by atoms with E-state index in [1.165, 1.54) is 0 Å². The molecule has 1 rings (SSSR count). The second kappa shape index (κ2) is 4.44. The maximum Gasteiger partial charge on any atom is 0.388 e. The van der Waals surface area contributed by atoms with Crippen LogP contribution in [0.25, 0.3) is 0 Å².